The normalized spacial score (nSPS) is 11.3. The fourth-order valence-electron chi connectivity index (χ4n) is 3.34. The summed E-state index contributed by atoms with van der Waals surface area (Å²) < 4.78 is 16.0. The highest BCUT2D eigenvalue weighted by atomic mass is 28.3. The zero-order chi connectivity index (χ0) is 22.7. The quantitative estimate of drug-likeness (QED) is 0.278. The molecule has 0 heterocycles. The smallest absolute Gasteiger partial charge is 0.320 e. The van der Waals surface area contributed by atoms with Gasteiger partial charge < -0.3 is 14.2 Å². The molecule has 0 bridgehead atoms. The first-order chi connectivity index (χ1) is 14.9. The molecule has 0 aliphatic carbocycles. The van der Waals surface area contributed by atoms with Crippen LogP contribution < -0.4 is 9.92 Å². The maximum Gasteiger partial charge on any atom is 0.320 e. The lowest BCUT2D eigenvalue weighted by Gasteiger charge is -2.23. The average Bonchev–Trinajstić information content (AvgIpc) is 2.76. The second-order valence-electron chi connectivity index (χ2n) is 8.09. The van der Waals surface area contributed by atoms with E-state index in [2.05, 4.69) is 37.4 Å². The molecule has 0 atom stereocenters. The van der Waals surface area contributed by atoms with Crippen LogP contribution in [0.1, 0.15) is 25.8 Å². The van der Waals surface area contributed by atoms with Gasteiger partial charge >= 0.3 is 11.9 Å². The number of hydrogen-bond acceptors (Lipinski definition) is 5. The Morgan fingerprint density at radius 3 is 2.00 bits per heavy atom. The van der Waals surface area contributed by atoms with Gasteiger partial charge in [0.25, 0.3) is 0 Å². The van der Waals surface area contributed by atoms with Gasteiger partial charge in [0.05, 0.1) is 27.9 Å². The van der Waals surface area contributed by atoms with Gasteiger partial charge in [-0.05, 0) is 50.4 Å². The Labute approximate surface area is 186 Å². The molecule has 2 aromatic carbocycles. The van der Waals surface area contributed by atoms with Crippen molar-refractivity contribution in [1.82, 2.24) is 0 Å². The maximum absolute atomic E-state index is 12.1. The third kappa shape index (κ3) is 7.87. The summed E-state index contributed by atoms with van der Waals surface area (Å²) in [6, 6.07) is 19.5. The predicted octanol–water partition coefficient (Wildman–Crippen LogP) is 4.36. The molecule has 0 aliphatic rings. The van der Waals surface area contributed by atoms with Crippen LogP contribution in [0.5, 0.6) is 5.75 Å². The van der Waals surface area contributed by atoms with Crippen molar-refractivity contribution in [2.45, 2.75) is 45.8 Å². The van der Waals surface area contributed by atoms with Crippen molar-refractivity contribution in [2.24, 2.45) is 5.92 Å². The zero-order valence-electron chi connectivity index (χ0n) is 19.1. The van der Waals surface area contributed by atoms with Gasteiger partial charge in [-0.2, -0.15) is 0 Å². The Kier molecular flexibility index (Phi) is 9.79. The summed E-state index contributed by atoms with van der Waals surface area (Å²) in [7, 11) is -1.52. The van der Waals surface area contributed by atoms with Gasteiger partial charge in [-0.3, -0.25) is 9.59 Å². The summed E-state index contributed by atoms with van der Waals surface area (Å²) in [6.45, 7) is 9.33. The molecule has 0 radical (unpaired) electrons. The van der Waals surface area contributed by atoms with Crippen LogP contribution >= 0.6 is 0 Å². The van der Waals surface area contributed by atoms with E-state index in [1.807, 2.05) is 30.3 Å². The van der Waals surface area contributed by atoms with Crippen LogP contribution in [0.25, 0.3) is 0 Å². The minimum Gasteiger partial charge on any atom is -0.494 e. The van der Waals surface area contributed by atoms with E-state index in [0.29, 0.717) is 19.4 Å². The van der Waals surface area contributed by atoms with Gasteiger partial charge in [0, 0.05) is 0 Å². The fourth-order valence-corrected chi connectivity index (χ4v) is 5.33. The van der Waals surface area contributed by atoms with Crippen LogP contribution in [-0.2, 0) is 25.5 Å². The molecular formula is C25H34O5Si. The van der Waals surface area contributed by atoms with Crippen LogP contribution in [-0.4, -0.2) is 39.8 Å². The highest BCUT2D eigenvalue weighted by Crippen LogP contribution is 2.18. The lowest BCUT2D eigenvalue weighted by atomic mass is 9.99. The summed E-state index contributed by atoms with van der Waals surface area (Å²) in [5.74, 6) is -1.10. The molecule has 0 saturated carbocycles. The number of carbonyl (C=O) groups is 2. The number of carbonyl (C=O) groups excluding carboxylic acids is 2. The number of esters is 2. The SMILES string of the molecule is CCOC(=O)C(CCc1ccc(OCC[Si](C)(C)c2ccccc2)cc1)C(=O)OCC. The van der Waals surface area contributed by atoms with Crippen molar-refractivity contribution in [3.8, 4) is 5.75 Å². The molecule has 0 amide bonds. The van der Waals surface area contributed by atoms with Crippen molar-refractivity contribution in [2.75, 3.05) is 19.8 Å². The monoisotopic (exact) mass is 442 g/mol. The van der Waals surface area contributed by atoms with Gasteiger partial charge in [0.15, 0.2) is 5.92 Å². The summed E-state index contributed by atoms with van der Waals surface area (Å²) in [5.41, 5.74) is 1.03. The first-order valence-corrected chi connectivity index (χ1v) is 14.2. The first kappa shape index (κ1) is 24.7. The van der Waals surface area contributed by atoms with Gasteiger partial charge in [-0.1, -0.05) is 60.7 Å². The van der Waals surface area contributed by atoms with Gasteiger partial charge in [-0.15, -0.1) is 0 Å². The third-order valence-electron chi connectivity index (χ3n) is 5.34. The van der Waals surface area contributed by atoms with Gasteiger partial charge in [0.1, 0.15) is 5.75 Å². The van der Waals surface area contributed by atoms with Crippen molar-refractivity contribution < 1.29 is 23.8 Å². The molecule has 0 fully saturated rings. The third-order valence-corrected chi connectivity index (χ3v) is 8.69. The Morgan fingerprint density at radius 2 is 1.45 bits per heavy atom. The van der Waals surface area contributed by atoms with Crippen LogP contribution in [0, 0.1) is 5.92 Å². The van der Waals surface area contributed by atoms with E-state index in [1.165, 1.54) is 5.19 Å². The molecule has 0 unspecified atom stereocenters. The maximum atomic E-state index is 12.1. The lowest BCUT2D eigenvalue weighted by Crippen LogP contribution is -2.42. The van der Waals surface area contributed by atoms with Gasteiger partial charge in [-0.25, -0.2) is 0 Å². The van der Waals surface area contributed by atoms with Crippen molar-refractivity contribution >= 4 is 25.2 Å². The first-order valence-electron chi connectivity index (χ1n) is 11.0. The number of aryl methyl sites for hydroxylation is 1. The Balaban J connectivity index is 1.86. The van der Waals surface area contributed by atoms with E-state index < -0.39 is 25.9 Å². The van der Waals surface area contributed by atoms with E-state index in [4.69, 9.17) is 14.2 Å². The standard InChI is InChI=1S/C25H34O5Si/c1-5-28-24(26)23(25(27)29-6-2)17-14-20-12-15-21(16-13-20)30-18-19-31(3,4)22-10-8-7-9-11-22/h7-13,15-16,23H,5-6,14,17-19H2,1-4H3. The zero-order valence-corrected chi connectivity index (χ0v) is 20.1. The van der Waals surface area contributed by atoms with Crippen molar-refractivity contribution in [3.63, 3.8) is 0 Å². The molecular weight excluding hydrogens is 408 g/mol. The van der Waals surface area contributed by atoms with E-state index in [9.17, 15) is 9.59 Å². The Hall–Kier alpha value is -2.60. The number of hydrogen-bond donors (Lipinski definition) is 0. The Morgan fingerprint density at radius 1 is 0.871 bits per heavy atom. The van der Waals surface area contributed by atoms with Crippen LogP contribution in [0.2, 0.25) is 19.1 Å². The van der Waals surface area contributed by atoms with E-state index in [0.717, 1.165) is 17.4 Å². The molecule has 0 spiro atoms. The number of benzene rings is 2. The van der Waals surface area contributed by atoms with E-state index >= 15 is 0 Å². The molecule has 0 aliphatic heterocycles. The molecule has 0 aromatic heterocycles. The molecule has 0 N–H and O–H groups in total. The molecule has 2 rings (SSSR count). The average molecular weight is 443 g/mol. The van der Waals surface area contributed by atoms with E-state index in [-0.39, 0.29) is 13.2 Å². The highest BCUT2D eigenvalue weighted by molar-refractivity contribution is 6.89. The second kappa shape index (κ2) is 12.3. The summed E-state index contributed by atoms with van der Waals surface area (Å²) in [4.78, 5) is 24.2. The fraction of sp³-hybridized carbons (Fsp3) is 0.440. The van der Waals surface area contributed by atoms with Crippen molar-refractivity contribution in [3.05, 3.63) is 60.2 Å². The van der Waals surface area contributed by atoms with Crippen molar-refractivity contribution in [1.29, 1.82) is 0 Å². The molecule has 168 valence electrons. The lowest BCUT2D eigenvalue weighted by molar-refractivity contribution is -0.161. The number of ether oxygens (including phenoxy) is 3. The van der Waals surface area contributed by atoms with Crippen LogP contribution in [0.4, 0.5) is 0 Å². The largest absolute Gasteiger partial charge is 0.494 e. The summed E-state index contributed by atoms with van der Waals surface area (Å²) in [5, 5.41) is 1.44. The van der Waals surface area contributed by atoms with Crippen LogP contribution in [0.3, 0.4) is 0 Å². The van der Waals surface area contributed by atoms with Crippen LogP contribution in [0.15, 0.2) is 54.6 Å². The molecule has 0 saturated heterocycles. The highest BCUT2D eigenvalue weighted by Gasteiger charge is 2.29. The predicted molar refractivity (Wildman–Crippen MR) is 125 cm³/mol. The molecule has 31 heavy (non-hydrogen) atoms. The minimum absolute atomic E-state index is 0.241. The Bertz CT molecular complexity index is 800. The topological polar surface area (TPSA) is 61.8 Å². The van der Waals surface area contributed by atoms with E-state index in [1.54, 1.807) is 13.8 Å². The molecule has 5 nitrogen and oxygen atoms in total. The summed E-state index contributed by atoms with van der Waals surface area (Å²) in [6.07, 6.45) is 0.936. The number of rotatable bonds is 12. The van der Waals surface area contributed by atoms with Gasteiger partial charge in [0.2, 0.25) is 0 Å². The molecule has 6 heteroatoms. The summed E-state index contributed by atoms with van der Waals surface area (Å²) >= 11 is 0. The second-order valence-corrected chi connectivity index (χ2v) is 12.9. The minimum atomic E-state index is -1.52. The molecule has 2 aromatic rings.